The van der Waals surface area contributed by atoms with Crippen molar-refractivity contribution >= 4 is 5.91 Å². The van der Waals surface area contributed by atoms with Gasteiger partial charge < -0.3 is 10.2 Å². The number of nitrogens with zero attached hydrogens (tertiary/aromatic N) is 1. The summed E-state index contributed by atoms with van der Waals surface area (Å²) in [7, 11) is 0. The molecule has 1 heterocycles. The maximum Gasteiger partial charge on any atom is 0.219 e. The van der Waals surface area contributed by atoms with Gasteiger partial charge in [-0.1, -0.05) is 13.8 Å². The standard InChI is InChI=1S/C12H22N2O/c1-8(2)13-12-4-10-6-14(9(3)15)7-11(10)5-12/h8,10-13H,4-7H2,1-3H3/t10-,11+,12+. The molecule has 0 unspecified atom stereocenters. The minimum Gasteiger partial charge on any atom is -0.342 e. The molecule has 1 aliphatic heterocycles. The molecular formula is C12H22N2O. The molecule has 3 heteroatoms. The van der Waals surface area contributed by atoms with Gasteiger partial charge in [0.25, 0.3) is 0 Å². The van der Waals surface area contributed by atoms with E-state index in [0.717, 1.165) is 24.9 Å². The third-order valence-corrected chi connectivity index (χ3v) is 3.77. The van der Waals surface area contributed by atoms with Crippen molar-refractivity contribution in [3.05, 3.63) is 0 Å². The molecule has 0 spiro atoms. The minimum atomic E-state index is 0.248. The predicted molar refractivity (Wildman–Crippen MR) is 60.5 cm³/mol. The Morgan fingerprint density at radius 3 is 2.20 bits per heavy atom. The van der Waals surface area contributed by atoms with E-state index in [1.54, 1.807) is 6.92 Å². The number of nitrogens with one attached hydrogen (secondary N) is 1. The van der Waals surface area contributed by atoms with Crippen molar-refractivity contribution < 1.29 is 4.79 Å². The molecular weight excluding hydrogens is 188 g/mol. The Morgan fingerprint density at radius 1 is 1.27 bits per heavy atom. The van der Waals surface area contributed by atoms with Crippen LogP contribution in [-0.2, 0) is 4.79 Å². The number of likely N-dealkylation sites (tertiary alicyclic amines) is 1. The lowest BCUT2D eigenvalue weighted by molar-refractivity contribution is -0.128. The van der Waals surface area contributed by atoms with Crippen LogP contribution in [0.25, 0.3) is 0 Å². The van der Waals surface area contributed by atoms with Gasteiger partial charge in [-0.15, -0.1) is 0 Å². The average Bonchev–Trinajstić information content (AvgIpc) is 2.58. The number of carbonyl (C=O) groups excluding carboxylic acids is 1. The van der Waals surface area contributed by atoms with E-state index < -0.39 is 0 Å². The molecule has 15 heavy (non-hydrogen) atoms. The normalized spacial score (nSPS) is 34.9. The van der Waals surface area contributed by atoms with Gasteiger partial charge in [-0.25, -0.2) is 0 Å². The Hall–Kier alpha value is -0.570. The highest BCUT2D eigenvalue weighted by Gasteiger charge is 2.41. The van der Waals surface area contributed by atoms with Gasteiger partial charge in [0.15, 0.2) is 0 Å². The second-order valence-electron chi connectivity index (χ2n) is 5.43. The van der Waals surface area contributed by atoms with Crippen molar-refractivity contribution in [2.75, 3.05) is 13.1 Å². The number of rotatable bonds is 2. The van der Waals surface area contributed by atoms with Gasteiger partial charge in [-0.2, -0.15) is 0 Å². The maximum atomic E-state index is 11.2. The molecule has 2 fully saturated rings. The summed E-state index contributed by atoms with van der Waals surface area (Å²) in [5, 5.41) is 3.61. The molecule has 3 nitrogen and oxygen atoms in total. The van der Waals surface area contributed by atoms with Crippen molar-refractivity contribution in [1.29, 1.82) is 0 Å². The molecule has 0 aromatic rings. The summed E-state index contributed by atoms with van der Waals surface area (Å²) in [6.45, 7) is 8.09. The average molecular weight is 210 g/mol. The van der Waals surface area contributed by atoms with Gasteiger partial charge in [0.05, 0.1) is 0 Å². The van der Waals surface area contributed by atoms with Gasteiger partial charge in [0, 0.05) is 32.1 Å². The van der Waals surface area contributed by atoms with Crippen molar-refractivity contribution in [1.82, 2.24) is 10.2 Å². The van der Waals surface area contributed by atoms with E-state index in [2.05, 4.69) is 19.2 Å². The number of amides is 1. The lowest BCUT2D eigenvalue weighted by Crippen LogP contribution is -2.35. The summed E-state index contributed by atoms with van der Waals surface area (Å²) < 4.78 is 0. The summed E-state index contributed by atoms with van der Waals surface area (Å²) in [5.41, 5.74) is 0. The molecule has 1 amide bonds. The first-order valence-electron chi connectivity index (χ1n) is 6.08. The predicted octanol–water partition coefficient (Wildman–Crippen LogP) is 1.24. The third-order valence-electron chi connectivity index (χ3n) is 3.77. The molecule has 1 aliphatic carbocycles. The molecule has 0 aromatic heterocycles. The van der Waals surface area contributed by atoms with Crippen LogP contribution in [0.15, 0.2) is 0 Å². The monoisotopic (exact) mass is 210 g/mol. The molecule has 1 saturated heterocycles. The summed E-state index contributed by atoms with van der Waals surface area (Å²) in [4.78, 5) is 13.3. The molecule has 3 atom stereocenters. The van der Waals surface area contributed by atoms with Crippen LogP contribution in [0.3, 0.4) is 0 Å². The first-order chi connectivity index (χ1) is 7.06. The van der Waals surface area contributed by atoms with E-state index in [4.69, 9.17) is 0 Å². The van der Waals surface area contributed by atoms with Crippen molar-refractivity contribution in [3.8, 4) is 0 Å². The summed E-state index contributed by atoms with van der Waals surface area (Å²) in [6.07, 6.45) is 2.51. The van der Waals surface area contributed by atoms with Gasteiger partial charge in [0.2, 0.25) is 5.91 Å². The van der Waals surface area contributed by atoms with Crippen LogP contribution < -0.4 is 5.32 Å². The smallest absolute Gasteiger partial charge is 0.219 e. The fourth-order valence-corrected chi connectivity index (χ4v) is 3.16. The zero-order valence-corrected chi connectivity index (χ0v) is 9.99. The highest BCUT2D eigenvalue weighted by atomic mass is 16.2. The lowest BCUT2D eigenvalue weighted by atomic mass is 10.0. The summed E-state index contributed by atoms with van der Waals surface area (Å²) >= 11 is 0. The maximum absolute atomic E-state index is 11.2. The highest BCUT2D eigenvalue weighted by molar-refractivity contribution is 5.73. The second kappa shape index (κ2) is 4.12. The van der Waals surface area contributed by atoms with Crippen LogP contribution in [0.4, 0.5) is 0 Å². The quantitative estimate of drug-likeness (QED) is 0.744. The molecule has 0 radical (unpaired) electrons. The molecule has 86 valence electrons. The number of hydrogen-bond donors (Lipinski definition) is 1. The highest BCUT2D eigenvalue weighted by Crippen LogP contribution is 2.38. The van der Waals surface area contributed by atoms with Gasteiger partial charge in [0.1, 0.15) is 0 Å². The van der Waals surface area contributed by atoms with Crippen molar-refractivity contribution in [2.45, 2.75) is 45.7 Å². The topological polar surface area (TPSA) is 32.3 Å². The molecule has 2 aliphatic rings. The van der Waals surface area contributed by atoms with Crippen LogP contribution in [0.5, 0.6) is 0 Å². The van der Waals surface area contributed by atoms with E-state index in [9.17, 15) is 4.79 Å². The minimum absolute atomic E-state index is 0.248. The van der Waals surface area contributed by atoms with Crippen LogP contribution in [-0.4, -0.2) is 36.0 Å². The largest absolute Gasteiger partial charge is 0.342 e. The van der Waals surface area contributed by atoms with E-state index >= 15 is 0 Å². The molecule has 2 rings (SSSR count). The number of fused-ring (bicyclic) bond motifs is 1. The third kappa shape index (κ3) is 2.33. The fourth-order valence-electron chi connectivity index (χ4n) is 3.16. The molecule has 0 aromatic carbocycles. The molecule has 1 N–H and O–H groups in total. The Bertz CT molecular complexity index is 238. The fraction of sp³-hybridized carbons (Fsp3) is 0.917. The Labute approximate surface area is 92.2 Å². The Morgan fingerprint density at radius 2 is 1.80 bits per heavy atom. The molecule has 0 bridgehead atoms. The second-order valence-corrected chi connectivity index (χ2v) is 5.43. The van der Waals surface area contributed by atoms with E-state index in [0.29, 0.717) is 12.1 Å². The first-order valence-corrected chi connectivity index (χ1v) is 6.08. The summed E-state index contributed by atoms with van der Waals surface area (Å²) in [6, 6.07) is 1.27. The van der Waals surface area contributed by atoms with Gasteiger partial charge in [-0.05, 0) is 24.7 Å². The SMILES string of the molecule is CC(=O)N1C[C@H]2C[C@H](NC(C)C)C[C@H]2C1. The van der Waals surface area contributed by atoms with Crippen molar-refractivity contribution in [2.24, 2.45) is 11.8 Å². The summed E-state index contributed by atoms with van der Waals surface area (Å²) in [5.74, 6) is 1.76. The van der Waals surface area contributed by atoms with Crippen molar-refractivity contribution in [3.63, 3.8) is 0 Å². The first kappa shape index (κ1) is 10.9. The van der Waals surface area contributed by atoms with Crippen LogP contribution in [0.2, 0.25) is 0 Å². The Balaban J connectivity index is 1.85. The van der Waals surface area contributed by atoms with E-state index in [1.807, 2.05) is 4.90 Å². The van der Waals surface area contributed by atoms with Gasteiger partial charge >= 0.3 is 0 Å². The van der Waals surface area contributed by atoms with Gasteiger partial charge in [-0.3, -0.25) is 4.79 Å². The number of hydrogen-bond acceptors (Lipinski definition) is 2. The van der Waals surface area contributed by atoms with Crippen LogP contribution in [0.1, 0.15) is 33.6 Å². The number of carbonyl (C=O) groups is 1. The van der Waals surface area contributed by atoms with Crippen LogP contribution in [0, 0.1) is 11.8 Å². The lowest BCUT2D eigenvalue weighted by Gasteiger charge is -2.20. The molecule has 1 saturated carbocycles. The zero-order valence-electron chi connectivity index (χ0n) is 9.99. The Kier molecular flexibility index (Phi) is 3.01. The van der Waals surface area contributed by atoms with Crippen LogP contribution >= 0.6 is 0 Å². The van der Waals surface area contributed by atoms with E-state index in [1.165, 1.54) is 12.8 Å². The zero-order chi connectivity index (χ0) is 11.0. The van der Waals surface area contributed by atoms with E-state index in [-0.39, 0.29) is 5.91 Å².